The van der Waals surface area contributed by atoms with Crippen LogP contribution in [-0.2, 0) is 0 Å². The van der Waals surface area contributed by atoms with E-state index in [0.717, 1.165) is 15.2 Å². The Bertz CT molecular complexity index is 619. The number of nitrogens with one attached hydrogen (secondary N) is 1. The van der Waals surface area contributed by atoms with Crippen LogP contribution < -0.4 is 5.32 Å². The molecule has 1 atom stereocenters. The van der Waals surface area contributed by atoms with Crippen molar-refractivity contribution in [2.45, 2.75) is 13.0 Å². The normalized spacial score (nSPS) is 12.4. The van der Waals surface area contributed by atoms with Gasteiger partial charge in [-0.3, -0.25) is 0 Å². The van der Waals surface area contributed by atoms with Crippen LogP contribution in [0.25, 0.3) is 0 Å². The Morgan fingerprint density at radius 2 is 1.90 bits per heavy atom. The first-order valence-electron chi connectivity index (χ1n) is 6.16. The van der Waals surface area contributed by atoms with Crippen LogP contribution in [-0.4, -0.2) is 6.54 Å². The van der Waals surface area contributed by atoms with Crippen LogP contribution in [0.3, 0.4) is 0 Å². The molecule has 0 saturated heterocycles. The Balaban J connectivity index is 2.49. The molecular weight excluding hydrogens is 395 g/mol. The van der Waals surface area contributed by atoms with E-state index < -0.39 is 11.6 Å². The van der Waals surface area contributed by atoms with Crippen LogP contribution in [0.15, 0.2) is 36.4 Å². The minimum Gasteiger partial charge on any atom is -0.306 e. The van der Waals surface area contributed by atoms with Gasteiger partial charge in [0.1, 0.15) is 0 Å². The molecule has 2 aromatic carbocycles. The van der Waals surface area contributed by atoms with Crippen molar-refractivity contribution in [2.24, 2.45) is 0 Å². The molecule has 2 aromatic rings. The minimum absolute atomic E-state index is 0.222. The third kappa shape index (κ3) is 3.48. The molecule has 1 unspecified atom stereocenters. The first-order valence-corrected chi connectivity index (χ1v) is 7.62. The van der Waals surface area contributed by atoms with Crippen molar-refractivity contribution >= 4 is 34.2 Å². The van der Waals surface area contributed by atoms with Gasteiger partial charge >= 0.3 is 0 Å². The lowest BCUT2D eigenvalue weighted by Gasteiger charge is -2.21. The Labute approximate surface area is 135 Å². The zero-order valence-electron chi connectivity index (χ0n) is 10.8. The summed E-state index contributed by atoms with van der Waals surface area (Å²) in [5.41, 5.74) is 1.62. The van der Waals surface area contributed by atoms with E-state index in [1.807, 2.05) is 19.1 Å². The summed E-state index contributed by atoms with van der Waals surface area (Å²) >= 11 is 8.25. The molecular formula is C15H13ClF2IN. The lowest BCUT2D eigenvalue weighted by atomic mass is 9.98. The van der Waals surface area contributed by atoms with E-state index >= 15 is 0 Å². The van der Waals surface area contributed by atoms with Gasteiger partial charge in [0.25, 0.3) is 0 Å². The van der Waals surface area contributed by atoms with Crippen molar-refractivity contribution in [1.29, 1.82) is 0 Å². The molecule has 2 rings (SSSR count). The Morgan fingerprint density at radius 1 is 1.15 bits per heavy atom. The van der Waals surface area contributed by atoms with Gasteiger partial charge in [-0.25, -0.2) is 8.78 Å². The SMILES string of the molecule is CCNC(c1ccc(F)c(F)c1)c1cc(Cl)ccc1I. The molecule has 0 spiro atoms. The summed E-state index contributed by atoms with van der Waals surface area (Å²) in [5.74, 6) is -1.69. The molecule has 0 fully saturated rings. The maximum Gasteiger partial charge on any atom is 0.159 e. The van der Waals surface area contributed by atoms with Gasteiger partial charge in [-0.1, -0.05) is 24.6 Å². The van der Waals surface area contributed by atoms with E-state index in [4.69, 9.17) is 11.6 Å². The summed E-state index contributed by atoms with van der Waals surface area (Å²) < 4.78 is 27.5. The average molecular weight is 408 g/mol. The quantitative estimate of drug-likeness (QED) is 0.709. The van der Waals surface area contributed by atoms with E-state index in [2.05, 4.69) is 27.9 Å². The van der Waals surface area contributed by atoms with Gasteiger partial charge in [0, 0.05) is 8.59 Å². The zero-order valence-corrected chi connectivity index (χ0v) is 13.7. The molecule has 1 N–H and O–H groups in total. The molecule has 0 amide bonds. The van der Waals surface area contributed by atoms with Crippen molar-refractivity contribution in [3.8, 4) is 0 Å². The molecule has 0 radical (unpaired) electrons. The highest BCUT2D eigenvalue weighted by molar-refractivity contribution is 14.1. The second kappa shape index (κ2) is 6.83. The minimum atomic E-state index is -0.845. The number of benzene rings is 2. The summed E-state index contributed by atoms with van der Waals surface area (Å²) in [4.78, 5) is 0. The number of hydrogen-bond donors (Lipinski definition) is 1. The Hall–Kier alpha value is -0.720. The van der Waals surface area contributed by atoms with Crippen LogP contribution >= 0.6 is 34.2 Å². The summed E-state index contributed by atoms with van der Waals surface area (Å²) in [6.07, 6.45) is 0. The maximum atomic E-state index is 13.4. The monoisotopic (exact) mass is 407 g/mol. The van der Waals surface area contributed by atoms with Gasteiger partial charge in [-0.05, 0) is 70.6 Å². The van der Waals surface area contributed by atoms with Gasteiger partial charge in [0.15, 0.2) is 11.6 Å². The summed E-state index contributed by atoms with van der Waals surface area (Å²) in [6.45, 7) is 2.66. The van der Waals surface area contributed by atoms with E-state index in [-0.39, 0.29) is 6.04 Å². The zero-order chi connectivity index (χ0) is 14.7. The Morgan fingerprint density at radius 3 is 2.55 bits per heavy atom. The molecule has 0 aromatic heterocycles. The molecule has 5 heteroatoms. The summed E-state index contributed by atoms with van der Waals surface area (Å²) in [5, 5.41) is 3.89. The molecule has 1 nitrogen and oxygen atoms in total. The summed E-state index contributed by atoms with van der Waals surface area (Å²) in [6, 6.07) is 9.29. The fourth-order valence-corrected chi connectivity index (χ4v) is 2.87. The topological polar surface area (TPSA) is 12.0 Å². The van der Waals surface area contributed by atoms with Gasteiger partial charge in [0.2, 0.25) is 0 Å². The number of rotatable bonds is 4. The number of halogens is 4. The number of hydrogen-bond acceptors (Lipinski definition) is 1. The van der Waals surface area contributed by atoms with E-state index in [0.29, 0.717) is 17.1 Å². The fraction of sp³-hybridized carbons (Fsp3) is 0.200. The van der Waals surface area contributed by atoms with Crippen molar-refractivity contribution in [3.05, 3.63) is 67.8 Å². The van der Waals surface area contributed by atoms with Crippen LogP contribution in [0.1, 0.15) is 24.1 Å². The smallest absolute Gasteiger partial charge is 0.159 e. The second-order valence-electron chi connectivity index (χ2n) is 4.33. The Kier molecular flexibility index (Phi) is 5.35. The molecule has 0 bridgehead atoms. The van der Waals surface area contributed by atoms with Crippen LogP contribution in [0, 0.1) is 15.2 Å². The van der Waals surface area contributed by atoms with E-state index in [1.165, 1.54) is 6.07 Å². The highest BCUT2D eigenvalue weighted by atomic mass is 127. The third-order valence-electron chi connectivity index (χ3n) is 2.95. The van der Waals surface area contributed by atoms with Crippen molar-refractivity contribution in [1.82, 2.24) is 5.32 Å². The van der Waals surface area contributed by atoms with Crippen molar-refractivity contribution in [3.63, 3.8) is 0 Å². The molecule has 20 heavy (non-hydrogen) atoms. The first-order chi connectivity index (χ1) is 9.52. The van der Waals surface area contributed by atoms with Crippen molar-refractivity contribution < 1.29 is 8.78 Å². The fourth-order valence-electron chi connectivity index (χ4n) is 2.04. The van der Waals surface area contributed by atoms with Crippen LogP contribution in [0.5, 0.6) is 0 Å². The molecule has 0 heterocycles. The van der Waals surface area contributed by atoms with Crippen molar-refractivity contribution in [2.75, 3.05) is 6.54 Å². The molecule has 0 aliphatic carbocycles. The summed E-state index contributed by atoms with van der Waals surface area (Å²) in [7, 11) is 0. The van der Waals surface area contributed by atoms with Crippen LogP contribution in [0.4, 0.5) is 8.78 Å². The highest BCUT2D eigenvalue weighted by Crippen LogP contribution is 2.29. The predicted octanol–water partition coefficient (Wildman–Crippen LogP) is 4.92. The van der Waals surface area contributed by atoms with Gasteiger partial charge in [0.05, 0.1) is 6.04 Å². The van der Waals surface area contributed by atoms with E-state index in [9.17, 15) is 8.78 Å². The maximum absolute atomic E-state index is 13.4. The largest absolute Gasteiger partial charge is 0.306 e. The lowest BCUT2D eigenvalue weighted by Crippen LogP contribution is -2.23. The highest BCUT2D eigenvalue weighted by Gasteiger charge is 2.18. The first kappa shape index (κ1) is 15.7. The third-order valence-corrected chi connectivity index (χ3v) is 4.17. The predicted molar refractivity (Wildman–Crippen MR) is 86.0 cm³/mol. The molecule has 0 aliphatic heterocycles. The standard InChI is InChI=1S/C15H13ClF2IN/c1-2-20-15(9-3-5-12(17)13(18)7-9)11-8-10(16)4-6-14(11)19/h3-8,15,20H,2H2,1H3. The molecule has 0 aliphatic rings. The van der Waals surface area contributed by atoms with E-state index in [1.54, 1.807) is 12.1 Å². The molecule has 106 valence electrons. The second-order valence-corrected chi connectivity index (χ2v) is 5.93. The van der Waals surface area contributed by atoms with Crippen LogP contribution in [0.2, 0.25) is 5.02 Å². The molecule has 0 saturated carbocycles. The van der Waals surface area contributed by atoms with Gasteiger partial charge in [-0.15, -0.1) is 0 Å². The lowest BCUT2D eigenvalue weighted by molar-refractivity contribution is 0.504. The average Bonchev–Trinajstić information content (AvgIpc) is 2.42. The van der Waals surface area contributed by atoms with Gasteiger partial charge < -0.3 is 5.32 Å². The van der Waals surface area contributed by atoms with Gasteiger partial charge in [-0.2, -0.15) is 0 Å².